The Morgan fingerprint density at radius 3 is 2.55 bits per heavy atom. The summed E-state index contributed by atoms with van der Waals surface area (Å²) in [6, 6.07) is 9.32. The lowest BCUT2D eigenvalue weighted by Crippen LogP contribution is -2.10. The summed E-state index contributed by atoms with van der Waals surface area (Å²) in [5.41, 5.74) is 3.03. The number of aryl methyl sites for hydroxylation is 2. The Kier molecular flexibility index (Phi) is 3.96. The normalized spacial score (nSPS) is 10.7. The highest BCUT2D eigenvalue weighted by atomic mass is 35.5. The number of benzene rings is 1. The number of hydrogen-bond donors (Lipinski definition) is 1. The monoisotopic (exact) mass is 333 g/mol. The van der Waals surface area contributed by atoms with Crippen molar-refractivity contribution in [3.63, 3.8) is 0 Å². The van der Waals surface area contributed by atoms with Crippen LogP contribution in [0.5, 0.6) is 0 Å². The molecule has 5 nitrogen and oxygen atoms in total. The molecular weight excluding hydrogens is 322 g/mol. The molecule has 0 saturated carbocycles. The molecule has 1 N–H and O–H groups in total. The Bertz CT molecular complexity index is 821. The van der Waals surface area contributed by atoms with Crippen molar-refractivity contribution < 1.29 is 9.21 Å². The number of nitrogens with one attached hydrogen (secondary N) is 1. The smallest absolute Gasteiger partial charge is 0.322 e. The summed E-state index contributed by atoms with van der Waals surface area (Å²) in [5, 5.41) is 10.4. The molecule has 0 aliphatic carbocycles. The average molecular weight is 334 g/mol. The molecule has 0 radical (unpaired) electrons. The fourth-order valence-electron chi connectivity index (χ4n) is 2.08. The Balaban J connectivity index is 1.80. The molecule has 0 aliphatic rings. The quantitative estimate of drug-likeness (QED) is 0.775. The maximum Gasteiger partial charge on any atom is 0.322 e. The minimum absolute atomic E-state index is 0.0590. The largest absolute Gasteiger partial charge is 0.403 e. The number of halogens is 1. The van der Waals surface area contributed by atoms with Gasteiger partial charge in [-0.15, -0.1) is 16.4 Å². The minimum atomic E-state index is -0.326. The molecule has 0 atom stereocenters. The maximum atomic E-state index is 12.0. The van der Waals surface area contributed by atoms with Crippen LogP contribution >= 0.6 is 22.9 Å². The van der Waals surface area contributed by atoms with Crippen molar-refractivity contribution in [3.8, 4) is 11.5 Å². The van der Waals surface area contributed by atoms with E-state index in [1.54, 1.807) is 12.1 Å². The predicted molar refractivity (Wildman–Crippen MR) is 86.5 cm³/mol. The Morgan fingerprint density at radius 1 is 1.18 bits per heavy atom. The van der Waals surface area contributed by atoms with Gasteiger partial charge in [-0.3, -0.25) is 10.1 Å². The molecule has 7 heteroatoms. The molecule has 0 aliphatic heterocycles. The van der Waals surface area contributed by atoms with Gasteiger partial charge in [-0.25, -0.2) is 0 Å². The van der Waals surface area contributed by atoms with E-state index in [4.69, 9.17) is 16.0 Å². The lowest BCUT2D eigenvalue weighted by Gasteiger charge is -2.00. The van der Waals surface area contributed by atoms with Gasteiger partial charge in [0.05, 0.1) is 9.21 Å². The second-order valence-electron chi connectivity index (χ2n) is 4.85. The first kappa shape index (κ1) is 14.7. The Morgan fingerprint density at radius 2 is 1.91 bits per heavy atom. The number of nitrogens with zero attached hydrogens (tertiary/aromatic N) is 2. The Labute approximate surface area is 135 Å². The van der Waals surface area contributed by atoms with Gasteiger partial charge in [-0.1, -0.05) is 33.9 Å². The maximum absolute atomic E-state index is 12.0. The molecule has 22 heavy (non-hydrogen) atoms. The number of hydrogen-bond acceptors (Lipinski definition) is 5. The van der Waals surface area contributed by atoms with E-state index in [9.17, 15) is 4.79 Å². The van der Waals surface area contributed by atoms with Gasteiger partial charge in [0.2, 0.25) is 5.89 Å². The van der Waals surface area contributed by atoms with E-state index in [1.807, 2.05) is 26.0 Å². The lowest BCUT2D eigenvalue weighted by molar-refractivity contribution is 0.102. The summed E-state index contributed by atoms with van der Waals surface area (Å²) >= 11 is 6.99. The molecule has 2 heterocycles. The summed E-state index contributed by atoms with van der Waals surface area (Å²) in [7, 11) is 0. The van der Waals surface area contributed by atoms with Crippen LogP contribution in [0.3, 0.4) is 0 Å². The van der Waals surface area contributed by atoms with Gasteiger partial charge in [0.1, 0.15) is 0 Å². The molecule has 112 valence electrons. The molecule has 1 aromatic carbocycles. The van der Waals surface area contributed by atoms with Crippen LogP contribution in [0.1, 0.15) is 20.8 Å². The van der Waals surface area contributed by atoms with E-state index in [0.717, 1.165) is 16.7 Å². The highest BCUT2D eigenvalue weighted by Gasteiger charge is 2.14. The second kappa shape index (κ2) is 5.90. The van der Waals surface area contributed by atoms with E-state index in [0.29, 0.717) is 15.1 Å². The van der Waals surface area contributed by atoms with Crippen LogP contribution in [0.2, 0.25) is 4.34 Å². The first-order chi connectivity index (χ1) is 10.5. The number of carbonyl (C=O) groups excluding carboxylic acids is 1. The van der Waals surface area contributed by atoms with Crippen molar-refractivity contribution in [2.75, 3.05) is 5.32 Å². The lowest BCUT2D eigenvalue weighted by atomic mass is 10.1. The molecule has 3 aromatic rings. The van der Waals surface area contributed by atoms with E-state index in [1.165, 1.54) is 11.3 Å². The van der Waals surface area contributed by atoms with Gasteiger partial charge in [-0.05, 0) is 38.1 Å². The highest BCUT2D eigenvalue weighted by molar-refractivity contribution is 7.18. The molecule has 0 spiro atoms. The number of rotatable bonds is 3. The summed E-state index contributed by atoms with van der Waals surface area (Å²) in [5.74, 6) is 0.0406. The number of thiophene rings is 1. The fourth-order valence-corrected chi connectivity index (χ4v) is 3.02. The Hall–Kier alpha value is -2.18. The van der Waals surface area contributed by atoms with Crippen LogP contribution in [-0.4, -0.2) is 16.1 Å². The number of amides is 1. The van der Waals surface area contributed by atoms with Crippen molar-refractivity contribution in [3.05, 3.63) is 50.7 Å². The van der Waals surface area contributed by atoms with Crippen molar-refractivity contribution >= 4 is 34.9 Å². The number of aromatic nitrogens is 2. The molecule has 0 fully saturated rings. The van der Waals surface area contributed by atoms with Crippen molar-refractivity contribution in [2.45, 2.75) is 13.8 Å². The average Bonchev–Trinajstić information content (AvgIpc) is 3.06. The van der Waals surface area contributed by atoms with Crippen molar-refractivity contribution in [1.29, 1.82) is 0 Å². The van der Waals surface area contributed by atoms with Crippen LogP contribution in [-0.2, 0) is 0 Å². The molecular formula is C15H12ClN3O2S. The van der Waals surface area contributed by atoms with E-state index < -0.39 is 0 Å². The summed E-state index contributed by atoms with van der Waals surface area (Å²) < 4.78 is 6.04. The molecule has 3 rings (SSSR count). The van der Waals surface area contributed by atoms with Gasteiger partial charge < -0.3 is 4.42 Å². The third kappa shape index (κ3) is 3.18. The van der Waals surface area contributed by atoms with Crippen LogP contribution < -0.4 is 5.32 Å². The second-order valence-corrected chi connectivity index (χ2v) is 6.56. The molecule has 2 aromatic heterocycles. The van der Waals surface area contributed by atoms with Crippen molar-refractivity contribution in [2.24, 2.45) is 0 Å². The molecule has 1 amide bonds. The van der Waals surface area contributed by atoms with Crippen LogP contribution in [0.15, 0.2) is 34.7 Å². The van der Waals surface area contributed by atoms with Crippen LogP contribution in [0.25, 0.3) is 11.5 Å². The van der Waals surface area contributed by atoms with Gasteiger partial charge in [0.25, 0.3) is 5.91 Å². The zero-order valence-electron chi connectivity index (χ0n) is 11.9. The number of anilines is 1. The van der Waals surface area contributed by atoms with E-state index in [2.05, 4.69) is 21.6 Å². The van der Waals surface area contributed by atoms with E-state index >= 15 is 0 Å². The fraction of sp³-hybridized carbons (Fsp3) is 0.133. The third-order valence-electron chi connectivity index (χ3n) is 2.91. The standard InChI is InChI=1S/C15H12ClN3O2S/c1-8-5-9(2)7-10(6-8)14-18-19-15(21-14)17-13(20)11-3-4-12(16)22-11/h3-7H,1-2H3,(H,17,19,20). The van der Waals surface area contributed by atoms with E-state index in [-0.39, 0.29) is 11.9 Å². The first-order valence-electron chi connectivity index (χ1n) is 6.50. The predicted octanol–water partition coefficient (Wildman–Crippen LogP) is 4.32. The van der Waals surface area contributed by atoms with Gasteiger partial charge in [0.15, 0.2) is 0 Å². The summed E-state index contributed by atoms with van der Waals surface area (Å²) in [6.45, 7) is 3.99. The molecule has 0 bridgehead atoms. The zero-order chi connectivity index (χ0) is 15.7. The van der Waals surface area contributed by atoms with Gasteiger partial charge in [0, 0.05) is 5.56 Å². The third-order valence-corrected chi connectivity index (χ3v) is 4.14. The van der Waals surface area contributed by atoms with Gasteiger partial charge >= 0.3 is 6.01 Å². The highest BCUT2D eigenvalue weighted by Crippen LogP contribution is 2.24. The minimum Gasteiger partial charge on any atom is -0.403 e. The van der Waals surface area contributed by atoms with Crippen LogP contribution in [0.4, 0.5) is 6.01 Å². The molecule has 0 unspecified atom stereocenters. The van der Waals surface area contributed by atoms with Gasteiger partial charge in [-0.2, -0.15) is 0 Å². The zero-order valence-corrected chi connectivity index (χ0v) is 13.5. The first-order valence-corrected chi connectivity index (χ1v) is 7.69. The SMILES string of the molecule is Cc1cc(C)cc(-c2nnc(NC(=O)c3ccc(Cl)s3)o2)c1. The summed E-state index contributed by atoms with van der Waals surface area (Å²) in [4.78, 5) is 12.5. The topological polar surface area (TPSA) is 68.0 Å². The van der Waals surface area contributed by atoms with Crippen molar-refractivity contribution in [1.82, 2.24) is 10.2 Å². The van der Waals surface area contributed by atoms with Crippen LogP contribution in [0, 0.1) is 13.8 Å². The molecule has 0 saturated heterocycles. The number of carbonyl (C=O) groups is 1. The summed E-state index contributed by atoms with van der Waals surface area (Å²) in [6.07, 6.45) is 0.